The normalized spacial score (nSPS) is 10.6. The molecular weight excluding hydrogens is 400 g/mol. The van der Waals surface area contributed by atoms with E-state index in [9.17, 15) is 19.7 Å². The highest BCUT2D eigenvalue weighted by Gasteiger charge is 2.15. The van der Waals surface area contributed by atoms with Gasteiger partial charge in [-0.2, -0.15) is 0 Å². The first kappa shape index (κ1) is 19.8. The number of hydrogen-bond donors (Lipinski definition) is 1. The van der Waals surface area contributed by atoms with Gasteiger partial charge in [0.2, 0.25) is 0 Å². The van der Waals surface area contributed by atoms with Crippen molar-refractivity contribution in [3.63, 3.8) is 0 Å². The molecule has 0 bridgehead atoms. The van der Waals surface area contributed by atoms with E-state index in [0.29, 0.717) is 22.4 Å². The fourth-order valence-electron chi connectivity index (χ4n) is 3.10. The Morgan fingerprint density at radius 1 is 1.00 bits per heavy atom. The summed E-state index contributed by atoms with van der Waals surface area (Å²) >= 11 is 0. The molecule has 1 N–H and O–H groups in total. The van der Waals surface area contributed by atoms with Crippen LogP contribution in [0.25, 0.3) is 22.1 Å². The van der Waals surface area contributed by atoms with Crippen molar-refractivity contribution in [1.82, 2.24) is 0 Å². The second-order valence-electron chi connectivity index (χ2n) is 6.63. The number of hydrogen-bond acceptors (Lipinski definition) is 6. The zero-order valence-corrected chi connectivity index (χ0v) is 16.1. The number of nitro groups is 1. The van der Waals surface area contributed by atoms with Gasteiger partial charge in [0.05, 0.1) is 10.5 Å². The molecule has 8 nitrogen and oxygen atoms in total. The number of ether oxygens (including phenoxy) is 1. The number of para-hydroxylation sites is 3. The summed E-state index contributed by atoms with van der Waals surface area (Å²) in [7, 11) is 0. The number of nitrogens with one attached hydrogen (secondary N) is 1. The number of fused-ring (bicyclic) bond motifs is 1. The lowest BCUT2D eigenvalue weighted by Gasteiger charge is -2.09. The lowest BCUT2D eigenvalue weighted by atomic mass is 10.1. The van der Waals surface area contributed by atoms with Crippen molar-refractivity contribution in [2.75, 3.05) is 11.9 Å². The van der Waals surface area contributed by atoms with Crippen LogP contribution in [-0.2, 0) is 4.79 Å². The Morgan fingerprint density at radius 2 is 1.77 bits per heavy atom. The summed E-state index contributed by atoms with van der Waals surface area (Å²) < 4.78 is 10.7. The molecule has 0 spiro atoms. The molecule has 0 saturated heterocycles. The third kappa shape index (κ3) is 4.43. The first-order valence-electron chi connectivity index (χ1n) is 9.31. The van der Waals surface area contributed by atoms with Crippen LogP contribution in [0, 0.1) is 10.1 Å². The predicted octanol–water partition coefficient (Wildman–Crippen LogP) is 4.39. The zero-order valence-electron chi connectivity index (χ0n) is 16.1. The van der Waals surface area contributed by atoms with Crippen molar-refractivity contribution in [3.05, 3.63) is 99.4 Å². The van der Waals surface area contributed by atoms with Crippen molar-refractivity contribution < 1.29 is 18.9 Å². The van der Waals surface area contributed by atoms with Crippen LogP contribution < -0.4 is 15.7 Å². The second kappa shape index (κ2) is 8.50. The molecule has 1 aromatic heterocycles. The van der Waals surface area contributed by atoms with Crippen molar-refractivity contribution in [3.8, 4) is 16.9 Å². The van der Waals surface area contributed by atoms with E-state index in [4.69, 9.17) is 9.15 Å². The first-order valence-corrected chi connectivity index (χ1v) is 9.31. The monoisotopic (exact) mass is 416 g/mol. The number of carbonyl (C=O) groups excluding carboxylic acids is 1. The predicted molar refractivity (Wildman–Crippen MR) is 115 cm³/mol. The van der Waals surface area contributed by atoms with Gasteiger partial charge in [-0.15, -0.1) is 0 Å². The fraction of sp³-hybridized carbons (Fsp3) is 0.0435. The number of nitrogens with zero attached hydrogens (tertiary/aromatic N) is 1. The number of amides is 1. The Hall–Kier alpha value is -4.46. The SMILES string of the molecule is O=C(COc1ccccc1[N+](=O)[O-])Nc1cccc(-c2cc3ccccc3oc2=O)c1. The smallest absolute Gasteiger partial charge is 0.344 e. The summed E-state index contributed by atoms with van der Waals surface area (Å²) in [6.07, 6.45) is 0. The summed E-state index contributed by atoms with van der Waals surface area (Å²) in [6, 6.07) is 21.5. The van der Waals surface area contributed by atoms with Gasteiger partial charge in [0.25, 0.3) is 5.91 Å². The van der Waals surface area contributed by atoms with Gasteiger partial charge in [-0.05, 0) is 35.9 Å². The van der Waals surface area contributed by atoms with Crippen molar-refractivity contribution in [1.29, 1.82) is 0 Å². The van der Waals surface area contributed by atoms with E-state index >= 15 is 0 Å². The average molecular weight is 416 g/mol. The number of benzene rings is 3. The van der Waals surface area contributed by atoms with Crippen LogP contribution in [0.4, 0.5) is 11.4 Å². The maximum absolute atomic E-state index is 12.4. The summed E-state index contributed by atoms with van der Waals surface area (Å²) in [5, 5.41) is 14.5. The van der Waals surface area contributed by atoms with E-state index in [0.717, 1.165) is 5.39 Å². The molecule has 3 aromatic carbocycles. The quantitative estimate of drug-likeness (QED) is 0.283. The summed E-state index contributed by atoms with van der Waals surface area (Å²) in [4.78, 5) is 35.1. The Labute approximate surface area is 175 Å². The highest BCUT2D eigenvalue weighted by molar-refractivity contribution is 5.93. The molecule has 0 unspecified atom stereocenters. The molecule has 1 amide bonds. The van der Waals surface area contributed by atoms with Gasteiger partial charge in [0.15, 0.2) is 12.4 Å². The second-order valence-corrected chi connectivity index (χ2v) is 6.63. The third-order valence-electron chi connectivity index (χ3n) is 4.52. The lowest BCUT2D eigenvalue weighted by Crippen LogP contribution is -2.20. The van der Waals surface area contributed by atoms with Crippen molar-refractivity contribution >= 4 is 28.3 Å². The van der Waals surface area contributed by atoms with E-state index in [2.05, 4.69) is 5.32 Å². The summed E-state index contributed by atoms with van der Waals surface area (Å²) in [5.74, 6) is -0.494. The third-order valence-corrected chi connectivity index (χ3v) is 4.52. The van der Waals surface area contributed by atoms with Crippen molar-refractivity contribution in [2.45, 2.75) is 0 Å². The standard InChI is InChI=1S/C23H16N2O6/c26-22(14-30-21-11-4-2-9-19(21)25(28)29)24-17-8-5-7-15(12-17)18-13-16-6-1-3-10-20(16)31-23(18)27/h1-13H,14H2,(H,24,26). The van der Waals surface area contributed by atoms with Gasteiger partial charge in [0.1, 0.15) is 5.58 Å². The minimum absolute atomic E-state index is 0.00479. The van der Waals surface area contributed by atoms with Gasteiger partial charge in [-0.1, -0.05) is 42.5 Å². The Bertz CT molecular complexity index is 1350. The number of rotatable bonds is 6. The topological polar surface area (TPSA) is 112 Å². The zero-order chi connectivity index (χ0) is 21.8. The molecule has 0 saturated carbocycles. The fourth-order valence-corrected chi connectivity index (χ4v) is 3.10. The molecule has 0 atom stereocenters. The summed E-state index contributed by atoms with van der Waals surface area (Å²) in [5.41, 5.74) is 1.18. The lowest BCUT2D eigenvalue weighted by molar-refractivity contribution is -0.385. The van der Waals surface area contributed by atoms with Gasteiger partial charge in [0, 0.05) is 17.1 Å². The van der Waals surface area contributed by atoms with Crippen LogP contribution >= 0.6 is 0 Å². The largest absolute Gasteiger partial charge is 0.477 e. The van der Waals surface area contributed by atoms with E-state index < -0.39 is 23.1 Å². The molecule has 31 heavy (non-hydrogen) atoms. The van der Waals surface area contributed by atoms with E-state index in [-0.39, 0.29) is 11.4 Å². The van der Waals surface area contributed by atoms with Crippen LogP contribution in [0.2, 0.25) is 0 Å². The van der Waals surface area contributed by atoms with Gasteiger partial charge >= 0.3 is 11.3 Å². The minimum Gasteiger partial charge on any atom is -0.477 e. The molecule has 4 aromatic rings. The summed E-state index contributed by atoms with van der Waals surface area (Å²) in [6.45, 7) is -0.410. The molecule has 4 rings (SSSR count). The van der Waals surface area contributed by atoms with Crippen LogP contribution in [-0.4, -0.2) is 17.4 Å². The minimum atomic E-state index is -0.578. The molecule has 0 aliphatic carbocycles. The Kier molecular flexibility index (Phi) is 5.44. The van der Waals surface area contributed by atoms with Crippen molar-refractivity contribution in [2.24, 2.45) is 0 Å². The van der Waals surface area contributed by atoms with Crippen LogP contribution in [0.3, 0.4) is 0 Å². The van der Waals surface area contributed by atoms with Crippen LogP contribution in [0.15, 0.2) is 88.1 Å². The molecule has 0 aliphatic rings. The molecule has 1 heterocycles. The van der Waals surface area contributed by atoms with Crippen LogP contribution in [0.1, 0.15) is 0 Å². The van der Waals surface area contributed by atoms with E-state index in [1.165, 1.54) is 18.2 Å². The first-order chi connectivity index (χ1) is 15.0. The highest BCUT2D eigenvalue weighted by atomic mass is 16.6. The molecule has 8 heteroatoms. The maximum Gasteiger partial charge on any atom is 0.344 e. The molecule has 0 radical (unpaired) electrons. The molecule has 154 valence electrons. The number of anilines is 1. The maximum atomic E-state index is 12.4. The molecule has 0 aliphatic heterocycles. The van der Waals surface area contributed by atoms with Gasteiger partial charge in [-0.25, -0.2) is 4.79 Å². The van der Waals surface area contributed by atoms with Crippen LogP contribution in [0.5, 0.6) is 5.75 Å². The Balaban J connectivity index is 1.50. The van der Waals surface area contributed by atoms with Gasteiger partial charge in [-0.3, -0.25) is 14.9 Å². The molecular formula is C23H16N2O6. The van der Waals surface area contributed by atoms with E-state index in [1.807, 2.05) is 12.1 Å². The van der Waals surface area contributed by atoms with E-state index in [1.54, 1.807) is 48.5 Å². The molecule has 0 fully saturated rings. The highest BCUT2D eigenvalue weighted by Crippen LogP contribution is 2.26. The number of carbonyl (C=O) groups is 1. The van der Waals surface area contributed by atoms with Gasteiger partial charge < -0.3 is 14.5 Å². The average Bonchev–Trinajstić information content (AvgIpc) is 2.77. The Morgan fingerprint density at radius 3 is 2.61 bits per heavy atom. The number of nitro benzene ring substituents is 1.